The van der Waals surface area contributed by atoms with E-state index < -0.39 is 0 Å². The lowest BCUT2D eigenvalue weighted by Gasteiger charge is -2.32. The van der Waals surface area contributed by atoms with Crippen LogP contribution in [0.25, 0.3) is 0 Å². The van der Waals surface area contributed by atoms with Crippen LogP contribution in [-0.2, 0) is 25.8 Å². The lowest BCUT2D eigenvalue weighted by Crippen LogP contribution is -2.37. The summed E-state index contributed by atoms with van der Waals surface area (Å²) in [5.74, 6) is 1.57. The molecule has 146 valence electrons. The summed E-state index contributed by atoms with van der Waals surface area (Å²) < 4.78 is 0. The third-order valence-electron chi connectivity index (χ3n) is 6.03. The van der Waals surface area contributed by atoms with Gasteiger partial charge in [-0.25, -0.2) is 19.9 Å². The van der Waals surface area contributed by atoms with Crippen molar-refractivity contribution in [2.75, 3.05) is 36.9 Å². The van der Waals surface area contributed by atoms with Crippen LogP contribution in [-0.4, -0.2) is 57.4 Å². The number of carbonyl (C=O) groups excluding carboxylic acids is 1. The van der Waals surface area contributed by atoms with Gasteiger partial charge in [-0.05, 0) is 32.1 Å². The standard InChI is InChI=1S/C20H25N7O/c1-21-20-24-16-7-10-27(18-13-5-4-6-15(13)22-12-23-18)11-14(16)17(25-20)19(28)26-8-2-3-9-26/h12H,2-11H2,1H3,(H,21,24,25). The lowest BCUT2D eigenvalue weighted by atomic mass is 10.0. The van der Waals surface area contributed by atoms with Crippen molar-refractivity contribution < 1.29 is 4.79 Å². The second-order valence-corrected chi connectivity index (χ2v) is 7.72. The van der Waals surface area contributed by atoms with Gasteiger partial charge in [-0.2, -0.15) is 0 Å². The van der Waals surface area contributed by atoms with Crippen LogP contribution in [0.15, 0.2) is 6.33 Å². The van der Waals surface area contributed by atoms with E-state index in [0.717, 1.165) is 75.2 Å². The highest BCUT2D eigenvalue weighted by atomic mass is 16.2. The third-order valence-corrected chi connectivity index (χ3v) is 6.03. The fourth-order valence-electron chi connectivity index (χ4n) is 4.57. The number of hydrogen-bond acceptors (Lipinski definition) is 7. The second kappa shape index (κ2) is 7.00. The van der Waals surface area contributed by atoms with Crippen LogP contribution >= 0.6 is 0 Å². The van der Waals surface area contributed by atoms with Crippen LogP contribution in [0.2, 0.25) is 0 Å². The number of likely N-dealkylation sites (tertiary alicyclic amines) is 1. The van der Waals surface area contributed by atoms with Crippen molar-refractivity contribution in [2.45, 2.75) is 45.1 Å². The zero-order valence-electron chi connectivity index (χ0n) is 16.2. The number of aryl methyl sites for hydroxylation is 1. The molecule has 1 amide bonds. The van der Waals surface area contributed by atoms with Gasteiger partial charge in [0.2, 0.25) is 5.95 Å². The smallest absolute Gasteiger partial charge is 0.273 e. The number of hydrogen-bond donors (Lipinski definition) is 1. The molecule has 2 aromatic rings. The van der Waals surface area contributed by atoms with Crippen LogP contribution in [0, 0.1) is 0 Å². The SMILES string of the molecule is CNc1nc2c(c(C(=O)N3CCCC3)n1)CN(c1ncnc3c1CCC3)CC2. The van der Waals surface area contributed by atoms with Crippen molar-refractivity contribution in [2.24, 2.45) is 0 Å². The summed E-state index contributed by atoms with van der Waals surface area (Å²) in [4.78, 5) is 35.7. The maximum absolute atomic E-state index is 13.2. The molecule has 1 N–H and O–H groups in total. The first-order valence-electron chi connectivity index (χ1n) is 10.2. The van der Waals surface area contributed by atoms with E-state index in [0.29, 0.717) is 18.2 Å². The zero-order valence-corrected chi connectivity index (χ0v) is 16.2. The quantitative estimate of drug-likeness (QED) is 0.867. The van der Waals surface area contributed by atoms with E-state index >= 15 is 0 Å². The molecule has 8 heteroatoms. The van der Waals surface area contributed by atoms with Gasteiger partial charge in [0.1, 0.15) is 17.8 Å². The van der Waals surface area contributed by atoms with Gasteiger partial charge in [0.05, 0.1) is 5.69 Å². The Labute approximate surface area is 164 Å². The summed E-state index contributed by atoms with van der Waals surface area (Å²) in [5, 5.41) is 3.01. The van der Waals surface area contributed by atoms with Gasteiger partial charge in [0.25, 0.3) is 5.91 Å². The van der Waals surface area contributed by atoms with E-state index in [1.165, 1.54) is 11.3 Å². The molecule has 0 bridgehead atoms. The van der Waals surface area contributed by atoms with Gasteiger partial charge >= 0.3 is 0 Å². The molecule has 1 fully saturated rings. The minimum Gasteiger partial charge on any atom is -0.357 e. The van der Waals surface area contributed by atoms with E-state index in [-0.39, 0.29) is 5.91 Å². The highest BCUT2D eigenvalue weighted by Gasteiger charge is 2.31. The van der Waals surface area contributed by atoms with Crippen LogP contribution in [0.5, 0.6) is 0 Å². The average molecular weight is 379 g/mol. The summed E-state index contributed by atoms with van der Waals surface area (Å²) in [6.07, 6.45) is 7.79. The molecule has 2 aromatic heterocycles. The first-order valence-corrected chi connectivity index (χ1v) is 10.2. The molecule has 0 spiro atoms. The molecule has 28 heavy (non-hydrogen) atoms. The summed E-state index contributed by atoms with van der Waals surface area (Å²) in [6.45, 7) is 3.09. The van der Waals surface area contributed by atoms with Gasteiger partial charge in [-0.15, -0.1) is 0 Å². The number of nitrogens with one attached hydrogen (secondary N) is 1. The third kappa shape index (κ3) is 2.87. The molecule has 3 aliphatic rings. The second-order valence-electron chi connectivity index (χ2n) is 7.72. The predicted octanol–water partition coefficient (Wildman–Crippen LogP) is 1.60. The average Bonchev–Trinajstić information content (AvgIpc) is 3.43. The van der Waals surface area contributed by atoms with Gasteiger partial charge in [0, 0.05) is 56.5 Å². The number of rotatable bonds is 3. The van der Waals surface area contributed by atoms with E-state index in [9.17, 15) is 4.79 Å². The number of nitrogens with zero attached hydrogens (tertiary/aromatic N) is 6. The fraction of sp³-hybridized carbons (Fsp3) is 0.550. The minimum absolute atomic E-state index is 0.0300. The molecular weight excluding hydrogens is 354 g/mol. The Morgan fingerprint density at radius 1 is 0.964 bits per heavy atom. The topological polar surface area (TPSA) is 87.1 Å². The minimum atomic E-state index is 0.0300. The molecule has 0 radical (unpaired) electrons. The van der Waals surface area contributed by atoms with Crippen molar-refractivity contribution >= 4 is 17.7 Å². The van der Waals surface area contributed by atoms with Crippen molar-refractivity contribution in [1.82, 2.24) is 24.8 Å². The molecule has 1 saturated heterocycles. The summed E-state index contributed by atoms with van der Waals surface area (Å²) in [5.41, 5.74) is 4.92. The highest BCUT2D eigenvalue weighted by Crippen LogP contribution is 2.32. The molecular formula is C20H25N7O. The van der Waals surface area contributed by atoms with Gasteiger partial charge < -0.3 is 15.1 Å². The van der Waals surface area contributed by atoms with Gasteiger partial charge in [0.15, 0.2) is 0 Å². The van der Waals surface area contributed by atoms with Crippen molar-refractivity contribution in [1.29, 1.82) is 0 Å². The number of carbonyl (C=O) groups is 1. The molecule has 8 nitrogen and oxygen atoms in total. The number of amides is 1. The summed E-state index contributed by atoms with van der Waals surface area (Å²) in [7, 11) is 1.80. The summed E-state index contributed by atoms with van der Waals surface area (Å²) >= 11 is 0. The van der Waals surface area contributed by atoms with E-state index in [2.05, 4.69) is 30.2 Å². The normalized spacial score (nSPS) is 18.2. The van der Waals surface area contributed by atoms with Crippen molar-refractivity contribution in [3.63, 3.8) is 0 Å². The highest BCUT2D eigenvalue weighted by molar-refractivity contribution is 5.94. The molecule has 5 rings (SSSR count). The monoisotopic (exact) mass is 379 g/mol. The van der Waals surface area contributed by atoms with Gasteiger partial charge in [-0.1, -0.05) is 0 Å². The van der Waals surface area contributed by atoms with Crippen LogP contribution in [0.4, 0.5) is 11.8 Å². The molecule has 0 saturated carbocycles. The number of aromatic nitrogens is 4. The molecule has 4 heterocycles. The lowest BCUT2D eigenvalue weighted by molar-refractivity contribution is 0.0785. The molecule has 0 aromatic carbocycles. The number of fused-ring (bicyclic) bond motifs is 2. The van der Waals surface area contributed by atoms with Crippen LogP contribution in [0.3, 0.4) is 0 Å². The van der Waals surface area contributed by atoms with E-state index in [4.69, 9.17) is 0 Å². The Hall–Kier alpha value is -2.77. The number of anilines is 2. The maximum atomic E-state index is 13.2. The summed E-state index contributed by atoms with van der Waals surface area (Å²) in [6, 6.07) is 0. The Bertz CT molecular complexity index is 923. The van der Waals surface area contributed by atoms with E-state index in [1.54, 1.807) is 13.4 Å². The fourth-order valence-corrected chi connectivity index (χ4v) is 4.57. The predicted molar refractivity (Wildman–Crippen MR) is 106 cm³/mol. The Morgan fingerprint density at radius 3 is 2.64 bits per heavy atom. The zero-order chi connectivity index (χ0) is 19.1. The molecule has 0 atom stereocenters. The van der Waals surface area contributed by atoms with Crippen LogP contribution in [0.1, 0.15) is 52.3 Å². The molecule has 0 unspecified atom stereocenters. The first-order chi connectivity index (χ1) is 13.7. The Kier molecular flexibility index (Phi) is 4.33. The van der Waals surface area contributed by atoms with Crippen molar-refractivity contribution in [3.8, 4) is 0 Å². The first kappa shape index (κ1) is 17.3. The molecule has 1 aliphatic carbocycles. The van der Waals surface area contributed by atoms with E-state index in [1.807, 2.05) is 4.90 Å². The van der Waals surface area contributed by atoms with Gasteiger partial charge in [-0.3, -0.25) is 4.79 Å². The van der Waals surface area contributed by atoms with Crippen LogP contribution < -0.4 is 10.2 Å². The van der Waals surface area contributed by atoms with Crippen molar-refractivity contribution in [3.05, 3.63) is 34.5 Å². The maximum Gasteiger partial charge on any atom is 0.273 e. The Balaban J connectivity index is 1.52. The Morgan fingerprint density at radius 2 is 1.82 bits per heavy atom. The molecule has 2 aliphatic heterocycles. The largest absolute Gasteiger partial charge is 0.357 e.